The van der Waals surface area contributed by atoms with Gasteiger partial charge in [-0.1, -0.05) is 0 Å². The molecule has 1 aromatic rings. The number of carbonyl (C=O) groups is 1. The van der Waals surface area contributed by atoms with E-state index < -0.39 is 10.0 Å². The number of anilines is 1. The molecule has 24 heavy (non-hydrogen) atoms. The van der Waals surface area contributed by atoms with E-state index in [0.29, 0.717) is 19.0 Å². The minimum Gasteiger partial charge on any atom is -0.372 e. The summed E-state index contributed by atoms with van der Waals surface area (Å²) in [7, 11) is -1.54. The van der Waals surface area contributed by atoms with E-state index in [0.717, 1.165) is 43.5 Å². The monoisotopic (exact) mass is 355 g/mol. The number of sulfonamides is 1. The number of carbonyl (C=O) groups excluding carboxylic acids is 1. The Balaban J connectivity index is 1.84. The van der Waals surface area contributed by atoms with Crippen molar-refractivity contribution < 1.29 is 13.2 Å². The average Bonchev–Trinajstić information content (AvgIpc) is 2.78. The molecule has 1 amide bonds. The molecule has 0 bridgehead atoms. The summed E-state index contributed by atoms with van der Waals surface area (Å²) in [6.45, 7) is 1.16. The number of likely N-dealkylation sites (tertiary alicyclic amines) is 1. The van der Waals surface area contributed by atoms with Crippen LogP contribution in [0.25, 0.3) is 0 Å². The fourth-order valence-electron chi connectivity index (χ4n) is 2.81. The predicted octanol–water partition coefficient (Wildman–Crippen LogP) is 0.239. The van der Waals surface area contributed by atoms with Gasteiger partial charge in [0.25, 0.3) is 0 Å². The minimum atomic E-state index is -3.34. The predicted molar refractivity (Wildman–Crippen MR) is 92.1 cm³/mol. The van der Waals surface area contributed by atoms with E-state index in [4.69, 9.17) is 0 Å². The van der Waals surface area contributed by atoms with Crippen LogP contribution in [0.1, 0.15) is 25.0 Å². The highest BCUT2D eigenvalue weighted by atomic mass is 32.2. The van der Waals surface area contributed by atoms with Gasteiger partial charge in [-0.05, 0) is 31.6 Å². The van der Waals surface area contributed by atoms with Crippen LogP contribution in [0.15, 0.2) is 12.4 Å². The van der Waals surface area contributed by atoms with Crippen LogP contribution in [0.4, 0.5) is 5.82 Å². The van der Waals surface area contributed by atoms with Gasteiger partial charge in [-0.3, -0.25) is 9.78 Å². The lowest BCUT2D eigenvalue weighted by Gasteiger charge is -2.20. The van der Waals surface area contributed by atoms with Gasteiger partial charge < -0.3 is 10.2 Å². The van der Waals surface area contributed by atoms with Gasteiger partial charge in [0.05, 0.1) is 30.9 Å². The van der Waals surface area contributed by atoms with Crippen LogP contribution in [-0.2, 0) is 21.2 Å². The molecule has 0 aliphatic carbocycles. The second-order valence-corrected chi connectivity index (χ2v) is 7.95. The van der Waals surface area contributed by atoms with Crippen molar-refractivity contribution in [1.29, 1.82) is 0 Å². The Morgan fingerprint density at radius 3 is 2.71 bits per heavy atom. The summed E-state index contributed by atoms with van der Waals surface area (Å²) in [5.74, 6) is 1.04. The molecule has 2 heterocycles. The number of hydrogen-bond donors (Lipinski definition) is 2. The van der Waals surface area contributed by atoms with Crippen molar-refractivity contribution in [3.63, 3.8) is 0 Å². The minimum absolute atomic E-state index is 0.166. The average molecular weight is 355 g/mol. The third-order valence-electron chi connectivity index (χ3n) is 4.15. The molecular formula is C15H25N5O3S. The molecule has 1 saturated heterocycles. The Kier molecular flexibility index (Phi) is 6.50. The third-order valence-corrected chi connectivity index (χ3v) is 4.81. The van der Waals surface area contributed by atoms with Gasteiger partial charge in [-0.2, -0.15) is 0 Å². The number of hydrogen-bond acceptors (Lipinski definition) is 6. The van der Waals surface area contributed by atoms with Crippen molar-refractivity contribution in [3.8, 4) is 0 Å². The molecule has 1 aromatic heterocycles. The van der Waals surface area contributed by atoms with Gasteiger partial charge >= 0.3 is 0 Å². The molecule has 0 radical (unpaired) electrons. The largest absolute Gasteiger partial charge is 0.372 e. The summed E-state index contributed by atoms with van der Waals surface area (Å²) in [6, 6.07) is 0. The van der Waals surface area contributed by atoms with Gasteiger partial charge in [0.15, 0.2) is 0 Å². The summed E-state index contributed by atoms with van der Waals surface area (Å²) in [5, 5.41) is 2.94. The summed E-state index contributed by atoms with van der Waals surface area (Å²) in [6.07, 6.45) is 8.24. The summed E-state index contributed by atoms with van der Waals surface area (Å²) in [5.41, 5.74) is 0.956. The van der Waals surface area contributed by atoms with Gasteiger partial charge in [0.1, 0.15) is 5.82 Å². The van der Waals surface area contributed by atoms with E-state index in [-0.39, 0.29) is 12.5 Å². The number of nitrogens with zero attached hydrogens (tertiary/aromatic N) is 3. The van der Waals surface area contributed by atoms with Crippen LogP contribution in [0, 0.1) is 5.92 Å². The standard InChI is InChI=1S/C15H25N5O3S/c1-16-14-10-17-13(9-18-14)8-12-4-3-6-20(7-5-12)15(21)11-19-24(2,22)23/h9-10,12,19H,3-8,11H2,1-2H3,(H,16,18)/t12-/m1/s1. The fourth-order valence-corrected chi connectivity index (χ4v) is 3.19. The van der Waals surface area contributed by atoms with E-state index in [2.05, 4.69) is 20.0 Å². The topological polar surface area (TPSA) is 104 Å². The van der Waals surface area contributed by atoms with Crippen molar-refractivity contribution >= 4 is 21.7 Å². The van der Waals surface area contributed by atoms with Gasteiger partial charge in [-0.15, -0.1) is 0 Å². The molecule has 0 aromatic carbocycles. The lowest BCUT2D eigenvalue weighted by atomic mass is 9.95. The Morgan fingerprint density at radius 2 is 2.08 bits per heavy atom. The second kappa shape index (κ2) is 8.39. The summed E-state index contributed by atoms with van der Waals surface area (Å²) >= 11 is 0. The molecule has 0 spiro atoms. The first kappa shape index (κ1) is 18.6. The molecule has 1 aliphatic rings. The van der Waals surface area contributed by atoms with Crippen LogP contribution < -0.4 is 10.0 Å². The summed E-state index contributed by atoms with van der Waals surface area (Å²) in [4.78, 5) is 22.5. The SMILES string of the molecule is CNc1cnc(C[C@@H]2CCCN(C(=O)CNS(C)(=O)=O)CC2)cn1. The first-order valence-electron chi connectivity index (χ1n) is 8.08. The highest BCUT2D eigenvalue weighted by Gasteiger charge is 2.21. The molecule has 1 atom stereocenters. The molecule has 8 nitrogen and oxygen atoms in total. The van der Waals surface area contributed by atoms with Crippen LogP contribution in [0.3, 0.4) is 0 Å². The van der Waals surface area contributed by atoms with Crippen LogP contribution in [0.5, 0.6) is 0 Å². The van der Waals surface area contributed by atoms with Gasteiger partial charge in [0, 0.05) is 20.1 Å². The molecule has 2 rings (SSSR count). The van der Waals surface area contributed by atoms with E-state index in [1.807, 2.05) is 0 Å². The van der Waals surface area contributed by atoms with Crippen LogP contribution in [-0.4, -0.2) is 62.1 Å². The molecule has 1 aliphatic heterocycles. The number of nitrogens with one attached hydrogen (secondary N) is 2. The maximum Gasteiger partial charge on any atom is 0.237 e. The molecule has 0 saturated carbocycles. The second-order valence-electron chi connectivity index (χ2n) is 6.12. The first-order chi connectivity index (χ1) is 11.4. The number of aromatic nitrogens is 2. The van der Waals surface area contributed by atoms with Crippen LogP contribution in [0.2, 0.25) is 0 Å². The van der Waals surface area contributed by atoms with E-state index >= 15 is 0 Å². The lowest BCUT2D eigenvalue weighted by Crippen LogP contribution is -2.40. The molecule has 9 heteroatoms. The zero-order chi connectivity index (χ0) is 17.6. The molecule has 0 unspecified atom stereocenters. The molecular weight excluding hydrogens is 330 g/mol. The molecule has 1 fully saturated rings. The molecule has 134 valence electrons. The highest BCUT2D eigenvalue weighted by molar-refractivity contribution is 7.88. The van der Waals surface area contributed by atoms with Crippen molar-refractivity contribution in [1.82, 2.24) is 19.6 Å². The number of amides is 1. The van der Waals surface area contributed by atoms with Crippen molar-refractivity contribution in [2.75, 3.05) is 38.3 Å². The maximum atomic E-state index is 12.1. The maximum absolute atomic E-state index is 12.1. The van der Waals surface area contributed by atoms with E-state index in [1.165, 1.54) is 0 Å². The Morgan fingerprint density at radius 1 is 1.29 bits per heavy atom. The molecule has 2 N–H and O–H groups in total. The van der Waals surface area contributed by atoms with Crippen LogP contribution >= 0.6 is 0 Å². The zero-order valence-electron chi connectivity index (χ0n) is 14.2. The Bertz CT molecular complexity index is 648. The van der Waals surface area contributed by atoms with Crippen molar-refractivity contribution in [2.24, 2.45) is 5.92 Å². The normalized spacial score (nSPS) is 18.9. The van der Waals surface area contributed by atoms with E-state index in [1.54, 1.807) is 24.3 Å². The van der Waals surface area contributed by atoms with Crippen molar-refractivity contribution in [2.45, 2.75) is 25.7 Å². The lowest BCUT2D eigenvalue weighted by molar-refractivity contribution is -0.129. The van der Waals surface area contributed by atoms with E-state index in [9.17, 15) is 13.2 Å². The number of rotatable bonds is 6. The Labute approximate surface area is 143 Å². The Hall–Kier alpha value is -1.74. The fraction of sp³-hybridized carbons (Fsp3) is 0.667. The van der Waals surface area contributed by atoms with Gasteiger partial charge in [0.2, 0.25) is 15.9 Å². The third kappa shape index (κ3) is 6.04. The zero-order valence-corrected chi connectivity index (χ0v) is 15.0. The highest BCUT2D eigenvalue weighted by Crippen LogP contribution is 2.21. The quantitative estimate of drug-likeness (QED) is 0.757. The van der Waals surface area contributed by atoms with Gasteiger partial charge in [-0.25, -0.2) is 18.1 Å². The summed E-state index contributed by atoms with van der Waals surface area (Å²) < 4.78 is 24.4. The van der Waals surface area contributed by atoms with Crippen molar-refractivity contribution in [3.05, 3.63) is 18.1 Å². The first-order valence-corrected chi connectivity index (χ1v) is 9.97. The smallest absolute Gasteiger partial charge is 0.237 e.